The Hall–Kier alpha value is -2.54. The van der Waals surface area contributed by atoms with Crippen molar-refractivity contribution in [2.24, 2.45) is 0 Å². The van der Waals surface area contributed by atoms with Gasteiger partial charge < -0.3 is 10.1 Å². The third-order valence-electron chi connectivity index (χ3n) is 3.00. The highest BCUT2D eigenvalue weighted by Gasteiger charge is 2.11. The Morgan fingerprint density at radius 1 is 1.17 bits per heavy atom. The Kier molecular flexibility index (Phi) is 5.99. The van der Waals surface area contributed by atoms with E-state index in [-0.39, 0.29) is 23.7 Å². The molecule has 0 aliphatic carbocycles. The number of nitrogens with zero attached hydrogens (tertiary/aromatic N) is 1. The summed E-state index contributed by atoms with van der Waals surface area (Å²) < 4.78 is 16.6. The van der Waals surface area contributed by atoms with Gasteiger partial charge in [0.05, 0.1) is 23.5 Å². The second-order valence-corrected chi connectivity index (χ2v) is 6.11. The highest BCUT2D eigenvalue weighted by molar-refractivity contribution is 7.85. The lowest BCUT2D eigenvalue weighted by atomic mass is 10.2. The standard InChI is InChI=1S/C16H16N2O4S/c1-22-16(20)12-7-8-14(18-11-12)15(19)17-9-10-23(21)13-5-3-2-4-6-13/h2-8,11H,9-10H2,1H3,(H,17,19)/t23-/m0/s1. The molecule has 1 aromatic carbocycles. The van der Waals surface area contributed by atoms with Gasteiger partial charge in [0.1, 0.15) is 5.69 Å². The normalized spacial score (nSPS) is 11.5. The van der Waals surface area contributed by atoms with Crippen LogP contribution in [0.15, 0.2) is 53.6 Å². The molecule has 0 aliphatic rings. The first-order valence-corrected chi connectivity index (χ1v) is 8.19. The predicted molar refractivity (Wildman–Crippen MR) is 85.6 cm³/mol. The molecule has 2 rings (SSSR count). The Morgan fingerprint density at radius 3 is 2.52 bits per heavy atom. The lowest BCUT2D eigenvalue weighted by molar-refractivity contribution is 0.0599. The SMILES string of the molecule is COC(=O)c1ccc(C(=O)NCC[S@](=O)c2ccccc2)nc1. The summed E-state index contributed by atoms with van der Waals surface area (Å²) in [5.41, 5.74) is 0.456. The number of pyridine rings is 1. The molecule has 7 heteroatoms. The number of carbonyl (C=O) groups excluding carboxylic acids is 2. The van der Waals surface area contributed by atoms with Gasteiger partial charge in [-0.25, -0.2) is 4.79 Å². The van der Waals surface area contributed by atoms with Gasteiger partial charge in [-0.15, -0.1) is 0 Å². The van der Waals surface area contributed by atoms with Crippen LogP contribution in [0.1, 0.15) is 20.8 Å². The molecule has 120 valence electrons. The average Bonchev–Trinajstić information content (AvgIpc) is 2.61. The molecule has 0 bridgehead atoms. The number of amides is 1. The largest absolute Gasteiger partial charge is 0.465 e. The summed E-state index contributed by atoms with van der Waals surface area (Å²) in [6.45, 7) is 0.265. The number of methoxy groups -OCH3 is 1. The van der Waals surface area contributed by atoms with Gasteiger partial charge in [0.2, 0.25) is 0 Å². The van der Waals surface area contributed by atoms with E-state index in [4.69, 9.17) is 0 Å². The summed E-state index contributed by atoms with van der Waals surface area (Å²) >= 11 is 0. The predicted octanol–water partition coefficient (Wildman–Crippen LogP) is 1.41. The molecule has 0 saturated carbocycles. The van der Waals surface area contributed by atoms with E-state index in [2.05, 4.69) is 15.0 Å². The maximum atomic E-state index is 12.0. The van der Waals surface area contributed by atoms with Crippen LogP contribution < -0.4 is 5.32 Å². The van der Waals surface area contributed by atoms with Crippen molar-refractivity contribution in [1.29, 1.82) is 0 Å². The smallest absolute Gasteiger partial charge is 0.339 e. The monoisotopic (exact) mass is 332 g/mol. The highest BCUT2D eigenvalue weighted by Crippen LogP contribution is 2.05. The molecule has 0 unspecified atom stereocenters. The zero-order chi connectivity index (χ0) is 16.7. The summed E-state index contributed by atoms with van der Waals surface area (Å²) in [6, 6.07) is 12.0. The molecule has 1 heterocycles. The zero-order valence-electron chi connectivity index (χ0n) is 12.5. The van der Waals surface area contributed by atoms with Gasteiger partial charge >= 0.3 is 5.97 Å². The molecule has 1 aromatic heterocycles. The van der Waals surface area contributed by atoms with Crippen LogP contribution in [0.5, 0.6) is 0 Å². The number of benzene rings is 1. The maximum Gasteiger partial charge on any atom is 0.339 e. The minimum atomic E-state index is -1.16. The fourth-order valence-electron chi connectivity index (χ4n) is 1.80. The van der Waals surface area contributed by atoms with Crippen LogP contribution in [0, 0.1) is 0 Å². The maximum absolute atomic E-state index is 12.0. The van der Waals surface area contributed by atoms with Crippen molar-refractivity contribution in [2.45, 2.75) is 4.90 Å². The van der Waals surface area contributed by atoms with E-state index in [0.717, 1.165) is 4.90 Å². The molecular weight excluding hydrogens is 316 g/mol. The minimum Gasteiger partial charge on any atom is -0.465 e. The number of rotatable bonds is 6. The number of hydrogen-bond acceptors (Lipinski definition) is 5. The van der Waals surface area contributed by atoms with Crippen molar-refractivity contribution in [2.75, 3.05) is 19.4 Å². The second-order valence-electron chi connectivity index (χ2n) is 4.54. The lowest BCUT2D eigenvalue weighted by Gasteiger charge is -2.05. The fourth-order valence-corrected chi connectivity index (χ4v) is 2.79. The number of hydrogen-bond donors (Lipinski definition) is 1. The molecule has 2 aromatic rings. The Bertz CT molecular complexity index is 702. The van der Waals surface area contributed by atoms with Crippen LogP contribution in [-0.2, 0) is 15.5 Å². The van der Waals surface area contributed by atoms with E-state index < -0.39 is 16.8 Å². The van der Waals surface area contributed by atoms with Crippen LogP contribution >= 0.6 is 0 Å². The van der Waals surface area contributed by atoms with Gasteiger partial charge in [0.25, 0.3) is 5.91 Å². The lowest BCUT2D eigenvalue weighted by Crippen LogP contribution is -2.28. The molecular formula is C16H16N2O4S. The number of esters is 1. The first-order valence-electron chi connectivity index (χ1n) is 6.88. The summed E-state index contributed by atoms with van der Waals surface area (Å²) in [5.74, 6) is -0.579. The summed E-state index contributed by atoms with van der Waals surface area (Å²) in [6.07, 6.45) is 1.28. The van der Waals surface area contributed by atoms with Crippen LogP contribution in [0.4, 0.5) is 0 Å². The number of carbonyl (C=O) groups is 2. The second kappa shape index (κ2) is 8.19. The van der Waals surface area contributed by atoms with Crippen LogP contribution in [0.3, 0.4) is 0 Å². The van der Waals surface area contributed by atoms with Gasteiger partial charge in [-0.1, -0.05) is 18.2 Å². The van der Waals surface area contributed by atoms with Crippen LogP contribution in [0.2, 0.25) is 0 Å². The topological polar surface area (TPSA) is 85.4 Å². The average molecular weight is 332 g/mol. The Labute approximate surface area is 136 Å². The van der Waals surface area contributed by atoms with Crippen LogP contribution in [-0.4, -0.2) is 40.5 Å². The molecule has 1 N–H and O–H groups in total. The molecule has 0 spiro atoms. The first kappa shape index (κ1) is 16.8. The summed E-state index contributed by atoms with van der Waals surface area (Å²) in [4.78, 5) is 27.8. The summed E-state index contributed by atoms with van der Waals surface area (Å²) in [5, 5.41) is 2.65. The van der Waals surface area contributed by atoms with E-state index in [0.29, 0.717) is 5.75 Å². The molecule has 0 aliphatic heterocycles. The molecule has 1 amide bonds. The molecule has 1 atom stereocenters. The third kappa shape index (κ3) is 4.72. The Balaban J connectivity index is 1.85. The van der Waals surface area contributed by atoms with Gasteiger partial charge in [-0.3, -0.25) is 14.0 Å². The number of ether oxygens (including phenoxy) is 1. The number of nitrogens with one attached hydrogen (secondary N) is 1. The van der Waals surface area contributed by atoms with Crippen molar-refractivity contribution >= 4 is 22.7 Å². The molecule has 23 heavy (non-hydrogen) atoms. The van der Waals surface area contributed by atoms with Gasteiger partial charge in [-0.2, -0.15) is 0 Å². The summed E-state index contributed by atoms with van der Waals surface area (Å²) in [7, 11) is 0.110. The Morgan fingerprint density at radius 2 is 1.91 bits per heavy atom. The third-order valence-corrected chi connectivity index (χ3v) is 4.37. The molecule has 6 nitrogen and oxygen atoms in total. The van der Waals surface area contributed by atoms with Gasteiger partial charge in [0, 0.05) is 23.4 Å². The van der Waals surface area contributed by atoms with Gasteiger partial charge in [-0.05, 0) is 24.3 Å². The molecule has 0 saturated heterocycles. The quantitative estimate of drug-likeness (QED) is 0.808. The van der Waals surface area contributed by atoms with E-state index in [9.17, 15) is 13.8 Å². The van der Waals surface area contributed by atoms with Crippen molar-refractivity contribution in [3.8, 4) is 0 Å². The minimum absolute atomic E-state index is 0.183. The van der Waals surface area contributed by atoms with Crippen molar-refractivity contribution in [3.05, 3.63) is 59.9 Å². The van der Waals surface area contributed by atoms with E-state index in [1.165, 1.54) is 25.4 Å². The zero-order valence-corrected chi connectivity index (χ0v) is 13.3. The van der Waals surface area contributed by atoms with Crippen molar-refractivity contribution < 1.29 is 18.5 Å². The van der Waals surface area contributed by atoms with Gasteiger partial charge in [0.15, 0.2) is 0 Å². The van der Waals surface area contributed by atoms with Crippen molar-refractivity contribution in [1.82, 2.24) is 10.3 Å². The van der Waals surface area contributed by atoms with Crippen LogP contribution in [0.25, 0.3) is 0 Å². The molecule has 0 fully saturated rings. The number of aromatic nitrogens is 1. The highest BCUT2D eigenvalue weighted by atomic mass is 32.2. The van der Waals surface area contributed by atoms with E-state index in [1.807, 2.05) is 18.2 Å². The molecule has 0 radical (unpaired) electrons. The van der Waals surface area contributed by atoms with E-state index >= 15 is 0 Å². The van der Waals surface area contributed by atoms with Crippen molar-refractivity contribution in [3.63, 3.8) is 0 Å². The fraction of sp³-hybridized carbons (Fsp3) is 0.188. The van der Waals surface area contributed by atoms with E-state index in [1.54, 1.807) is 12.1 Å². The first-order chi connectivity index (χ1) is 11.1.